The number of nitrogens with one attached hydrogen (secondary N) is 1. The zero-order valence-corrected chi connectivity index (χ0v) is 9.73. The number of rotatable bonds is 4. The highest BCUT2D eigenvalue weighted by molar-refractivity contribution is 5.73. The number of aliphatic hydroxyl groups excluding tert-OH is 1. The molecule has 4 nitrogen and oxygen atoms in total. The zero-order valence-electron chi connectivity index (χ0n) is 9.73. The molecular weight excluding hydrogens is 206 g/mol. The third kappa shape index (κ3) is 2.97. The van der Waals surface area contributed by atoms with Crippen LogP contribution in [0.5, 0.6) is 5.75 Å². The smallest absolute Gasteiger partial charge is 0.217 e. The molecule has 88 valence electrons. The number of benzene rings is 1. The molecule has 0 aromatic heterocycles. The molecule has 1 rings (SSSR count). The number of hydrogen-bond donors (Lipinski definition) is 2. The van der Waals surface area contributed by atoms with Gasteiger partial charge in [0.15, 0.2) is 0 Å². The van der Waals surface area contributed by atoms with Crippen LogP contribution in [0.1, 0.15) is 25.5 Å². The molecule has 0 spiro atoms. The van der Waals surface area contributed by atoms with Crippen molar-refractivity contribution in [1.29, 1.82) is 0 Å². The summed E-state index contributed by atoms with van der Waals surface area (Å²) in [7, 11) is 1.55. The molecule has 2 unspecified atom stereocenters. The van der Waals surface area contributed by atoms with E-state index in [1.54, 1.807) is 26.2 Å². The summed E-state index contributed by atoms with van der Waals surface area (Å²) in [6.07, 6.45) is -0.778. The predicted octanol–water partition coefficient (Wildman–Crippen LogP) is 1.25. The number of carbonyl (C=O) groups excluding carboxylic acids is 1. The topological polar surface area (TPSA) is 58.6 Å². The molecule has 0 fully saturated rings. The van der Waals surface area contributed by atoms with Gasteiger partial charge in [0, 0.05) is 12.5 Å². The highest BCUT2D eigenvalue weighted by Crippen LogP contribution is 2.26. The molecule has 1 aromatic carbocycles. The Balaban J connectivity index is 2.86. The maximum absolute atomic E-state index is 10.9. The molecule has 0 aliphatic carbocycles. The minimum Gasteiger partial charge on any atom is -0.496 e. The average Bonchev–Trinajstić information content (AvgIpc) is 2.27. The normalized spacial score (nSPS) is 14.0. The molecule has 0 aliphatic rings. The van der Waals surface area contributed by atoms with Crippen LogP contribution >= 0.6 is 0 Å². The molecule has 1 amide bonds. The van der Waals surface area contributed by atoms with E-state index in [2.05, 4.69) is 5.32 Å². The predicted molar refractivity (Wildman–Crippen MR) is 61.2 cm³/mol. The number of amides is 1. The van der Waals surface area contributed by atoms with Gasteiger partial charge in [-0.2, -0.15) is 0 Å². The molecule has 16 heavy (non-hydrogen) atoms. The molecule has 0 radical (unpaired) electrons. The average molecular weight is 223 g/mol. The third-order valence-electron chi connectivity index (χ3n) is 2.36. The molecule has 0 heterocycles. The van der Waals surface area contributed by atoms with Gasteiger partial charge in [0.05, 0.1) is 13.2 Å². The quantitative estimate of drug-likeness (QED) is 0.807. The highest BCUT2D eigenvalue weighted by atomic mass is 16.5. The first kappa shape index (κ1) is 12.5. The maximum atomic E-state index is 10.9. The lowest BCUT2D eigenvalue weighted by atomic mass is 10.0. The number of aliphatic hydroxyl groups is 1. The molecule has 2 atom stereocenters. The molecule has 4 heteroatoms. The largest absolute Gasteiger partial charge is 0.496 e. The Morgan fingerprint density at radius 3 is 2.62 bits per heavy atom. The van der Waals surface area contributed by atoms with Crippen LogP contribution < -0.4 is 10.1 Å². The number of methoxy groups -OCH3 is 1. The molecule has 0 aliphatic heterocycles. The van der Waals surface area contributed by atoms with Gasteiger partial charge >= 0.3 is 0 Å². The van der Waals surface area contributed by atoms with Crippen LogP contribution in [0, 0.1) is 0 Å². The van der Waals surface area contributed by atoms with Gasteiger partial charge in [-0.25, -0.2) is 0 Å². The first-order valence-corrected chi connectivity index (χ1v) is 5.14. The van der Waals surface area contributed by atoms with Crippen molar-refractivity contribution < 1.29 is 14.6 Å². The lowest BCUT2D eigenvalue weighted by molar-refractivity contribution is -0.120. The van der Waals surface area contributed by atoms with Crippen molar-refractivity contribution in [3.63, 3.8) is 0 Å². The Kier molecular flexibility index (Phi) is 4.31. The Morgan fingerprint density at radius 2 is 2.06 bits per heavy atom. The summed E-state index contributed by atoms with van der Waals surface area (Å²) in [6.45, 7) is 3.17. The summed E-state index contributed by atoms with van der Waals surface area (Å²) in [5.74, 6) is 0.452. The minimum absolute atomic E-state index is 0.165. The van der Waals surface area contributed by atoms with Crippen LogP contribution in [0.2, 0.25) is 0 Å². The number of carbonyl (C=O) groups is 1. The van der Waals surface area contributed by atoms with Gasteiger partial charge in [0.1, 0.15) is 11.9 Å². The second kappa shape index (κ2) is 5.51. The van der Waals surface area contributed by atoms with Crippen molar-refractivity contribution in [3.05, 3.63) is 29.8 Å². The second-order valence-electron chi connectivity index (χ2n) is 3.68. The second-order valence-corrected chi connectivity index (χ2v) is 3.68. The van der Waals surface area contributed by atoms with E-state index in [1.165, 1.54) is 6.92 Å². The van der Waals surface area contributed by atoms with Gasteiger partial charge in [-0.3, -0.25) is 4.79 Å². The third-order valence-corrected chi connectivity index (χ3v) is 2.36. The first-order chi connectivity index (χ1) is 7.56. The van der Waals surface area contributed by atoms with Gasteiger partial charge in [0.25, 0.3) is 0 Å². The lowest BCUT2D eigenvalue weighted by Crippen LogP contribution is -2.35. The van der Waals surface area contributed by atoms with E-state index in [0.29, 0.717) is 11.3 Å². The van der Waals surface area contributed by atoms with E-state index in [1.807, 2.05) is 12.1 Å². The van der Waals surface area contributed by atoms with Crippen LogP contribution in [0.3, 0.4) is 0 Å². The molecule has 0 saturated heterocycles. The summed E-state index contributed by atoms with van der Waals surface area (Å²) in [5, 5.41) is 12.7. The lowest BCUT2D eigenvalue weighted by Gasteiger charge is -2.21. The van der Waals surface area contributed by atoms with Crippen molar-refractivity contribution >= 4 is 5.91 Å². The highest BCUT2D eigenvalue weighted by Gasteiger charge is 2.20. The summed E-state index contributed by atoms with van der Waals surface area (Å²) in [5.41, 5.74) is 0.672. The fraction of sp³-hybridized carbons (Fsp3) is 0.417. The number of para-hydroxylation sites is 1. The van der Waals surface area contributed by atoms with Crippen molar-refractivity contribution in [1.82, 2.24) is 5.32 Å². The van der Waals surface area contributed by atoms with E-state index in [0.717, 1.165) is 0 Å². The van der Waals surface area contributed by atoms with Gasteiger partial charge < -0.3 is 15.2 Å². The number of hydrogen-bond acceptors (Lipinski definition) is 3. The Labute approximate surface area is 95.2 Å². The Morgan fingerprint density at radius 1 is 1.44 bits per heavy atom. The summed E-state index contributed by atoms with van der Waals surface area (Å²) in [6, 6.07) is 6.86. The van der Waals surface area contributed by atoms with Gasteiger partial charge in [-0.1, -0.05) is 18.2 Å². The number of ether oxygens (including phenoxy) is 1. The van der Waals surface area contributed by atoms with E-state index < -0.39 is 6.10 Å². The summed E-state index contributed by atoms with van der Waals surface area (Å²) < 4.78 is 5.15. The fourth-order valence-corrected chi connectivity index (χ4v) is 1.58. The van der Waals surface area contributed by atoms with Crippen LogP contribution in [-0.4, -0.2) is 24.2 Å². The Hall–Kier alpha value is -1.55. The molecular formula is C12H17NO3. The van der Waals surface area contributed by atoms with Crippen molar-refractivity contribution in [2.75, 3.05) is 7.11 Å². The van der Waals surface area contributed by atoms with E-state index in [9.17, 15) is 9.90 Å². The summed E-state index contributed by atoms with van der Waals surface area (Å²) in [4.78, 5) is 10.9. The van der Waals surface area contributed by atoms with E-state index in [4.69, 9.17) is 4.74 Å². The van der Waals surface area contributed by atoms with Crippen molar-refractivity contribution in [3.8, 4) is 5.75 Å². The van der Waals surface area contributed by atoms with Gasteiger partial charge in [0.2, 0.25) is 5.91 Å². The zero-order chi connectivity index (χ0) is 12.1. The van der Waals surface area contributed by atoms with Gasteiger partial charge in [-0.05, 0) is 13.0 Å². The van der Waals surface area contributed by atoms with Crippen LogP contribution in [0.25, 0.3) is 0 Å². The molecule has 0 saturated carbocycles. The molecule has 2 N–H and O–H groups in total. The SMILES string of the molecule is COc1ccccc1C(O)C(C)NC(C)=O. The minimum atomic E-state index is -0.778. The standard InChI is InChI=1S/C12H17NO3/c1-8(13-9(2)14)12(15)10-6-4-5-7-11(10)16-3/h4-8,12,15H,1-3H3,(H,13,14). The van der Waals surface area contributed by atoms with Crippen LogP contribution in [0.15, 0.2) is 24.3 Å². The van der Waals surface area contributed by atoms with E-state index >= 15 is 0 Å². The van der Waals surface area contributed by atoms with Crippen molar-refractivity contribution in [2.24, 2.45) is 0 Å². The summed E-state index contributed by atoms with van der Waals surface area (Å²) >= 11 is 0. The van der Waals surface area contributed by atoms with Crippen LogP contribution in [-0.2, 0) is 4.79 Å². The van der Waals surface area contributed by atoms with Crippen LogP contribution in [0.4, 0.5) is 0 Å². The Bertz CT molecular complexity index is 365. The van der Waals surface area contributed by atoms with Gasteiger partial charge in [-0.15, -0.1) is 0 Å². The fourth-order valence-electron chi connectivity index (χ4n) is 1.58. The maximum Gasteiger partial charge on any atom is 0.217 e. The molecule has 1 aromatic rings. The molecule has 0 bridgehead atoms. The monoisotopic (exact) mass is 223 g/mol. The first-order valence-electron chi connectivity index (χ1n) is 5.14. The van der Waals surface area contributed by atoms with Crippen molar-refractivity contribution in [2.45, 2.75) is 26.0 Å². The van der Waals surface area contributed by atoms with E-state index in [-0.39, 0.29) is 11.9 Å².